The third kappa shape index (κ3) is 2.67. The van der Waals surface area contributed by atoms with Gasteiger partial charge in [-0.1, -0.05) is 0 Å². The van der Waals surface area contributed by atoms with Gasteiger partial charge >= 0.3 is 0 Å². The lowest BCUT2D eigenvalue weighted by Crippen LogP contribution is -2.33. The van der Waals surface area contributed by atoms with Crippen LogP contribution >= 0.6 is 0 Å². The lowest BCUT2D eigenvalue weighted by Gasteiger charge is -2.26. The van der Waals surface area contributed by atoms with E-state index >= 15 is 0 Å². The Morgan fingerprint density at radius 1 is 1.14 bits per heavy atom. The van der Waals surface area contributed by atoms with Crippen LogP contribution < -0.4 is 0 Å². The number of imidazole rings is 1. The van der Waals surface area contributed by atoms with Crippen LogP contribution in [0.3, 0.4) is 0 Å². The van der Waals surface area contributed by atoms with Crippen LogP contribution in [0.15, 0.2) is 37.1 Å². The van der Waals surface area contributed by atoms with Crippen molar-refractivity contribution in [1.82, 2.24) is 34.0 Å². The highest BCUT2D eigenvalue weighted by Crippen LogP contribution is 2.15. The fourth-order valence-corrected chi connectivity index (χ4v) is 2.94. The van der Waals surface area contributed by atoms with E-state index < -0.39 is 0 Å². The van der Waals surface area contributed by atoms with Gasteiger partial charge in [-0.3, -0.25) is 14.3 Å². The van der Waals surface area contributed by atoms with Crippen molar-refractivity contribution >= 4 is 0 Å². The fraction of sp³-hybridized carbons (Fsp3) is 0.400. The molecule has 0 N–H and O–H groups in total. The summed E-state index contributed by atoms with van der Waals surface area (Å²) in [6.07, 6.45) is 9.92. The molecule has 3 aromatic rings. The molecule has 0 amide bonds. The molecule has 0 saturated heterocycles. The summed E-state index contributed by atoms with van der Waals surface area (Å²) >= 11 is 0. The predicted molar refractivity (Wildman–Crippen MR) is 80.9 cm³/mol. The summed E-state index contributed by atoms with van der Waals surface area (Å²) in [6, 6.07) is 1.94. The first-order valence-electron chi connectivity index (χ1n) is 7.48. The summed E-state index contributed by atoms with van der Waals surface area (Å²) < 4.78 is 6.02. The Labute approximate surface area is 128 Å². The van der Waals surface area contributed by atoms with Gasteiger partial charge in [0.05, 0.1) is 25.0 Å². The summed E-state index contributed by atoms with van der Waals surface area (Å²) in [5.74, 6) is 1.14. The van der Waals surface area contributed by atoms with Gasteiger partial charge in [-0.25, -0.2) is 4.98 Å². The second kappa shape index (κ2) is 5.42. The first-order valence-corrected chi connectivity index (χ1v) is 7.48. The van der Waals surface area contributed by atoms with Crippen LogP contribution in [0.4, 0.5) is 0 Å². The standard InChI is InChI=1S/C15H19N7/c1-19-8-13(7-17-19)9-20-5-6-21-10-14(18-15(21)12-20)11-22-4-2-3-16-22/h2-4,7-8,10H,5-6,9,11-12H2,1H3. The van der Waals surface area contributed by atoms with Gasteiger partial charge in [0.2, 0.25) is 0 Å². The van der Waals surface area contributed by atoms with Gasteiger partial charge in [0.15, 0.2) is 0 Å². The van der Waals surface area contributed by atoms with Crippen LogP contribution in [0.25, 0.3) is 0 Å². The van der Waals surface area contributed by atoms with Gasteiger partial charge in [0.25, 0.3) is 0 Å². The molecule has 4 heterocycles. The van der Waals surface area contributed by atoms with E-state index in [1.165, 1.54) is 5.56 Å². The molecule has 0 spiro atoms. The lowest BCUT2D eigenvalue weighted by atomic mass is 10.3. The van der Waals surface area contributed by atoms with Crippen LogP contribution in [0.5, 0.6) is 0 Å². The predicted octanol–water partition coefficient (Wildman–Crippen LogP) is 0.877. The number of fused-ring (bicyclic) bond motifs is 1. The molecule has 22 heavy (non-hydrogen) atoms. The monoisotopic (exact) mass is 297 g/mol. The molecule has 0 unspecified atom stereocenters. The highest BCUT2D eigenvalue weighted by atomic mass is 15.3. The summed E-state index contributed by atoms with van der Waals surface area (Å²) in [5, 5.41) is 8.47. The minimum Gasteiger partial charge on any atom is -0.332 e. The van der Waals surface area contributed by atoms with E-state index in [1.54, 1.807) is 6.20 Å². The summed E-state index contributed by atoms with van der Waals surface area (Å²) in [4.78, 5) is 7.18. The molecule has 4 rings (SSSR count). The first-order chi connectivity index (χ1) is 10.8. The van der Waals surface area contributed by atoms with Crippen molar-refractivity contribution in [3.8, 4) is 0 Å². The van der Waals surface area contributed by atoms with Crippen molar-refractivity contribution in [2.24, 2.45) is 7.05 Å². The maximum absolute atomic E-state index is 4.76. The quantitative estimate of drug-likeness (QED) is 0.717. The van der Waals surface area contributed by atoms with Gasteiger partial charge in [-0.2, -0.15) is 10.2 Å². The van der Waals surface area contributed by atoms with E-state index in [0.29, 0.717) is 0 Å². The summed E-state index contributed by atoms with van der Waals surface area (Å²) in [5.41, 5.74) is 2.32. The minimum atomic E-state index is 0.732. The summed E-state index contributed by atoms with van der Waals surface area (Å²) in [6.45, 7) is 4.57. The van der Waals surface area contributed by atoms with Crippen LogP contribution in [0.2, 0.25) is 0 Å². The molecular weight excluding hydrogens is 278 g/mol. The Hall–Kier alpha value is -2.41. The molecule has 1 aliphatic heterocycles. The second-order valence-electron chi connectivity index (χ2n) is 5.78. The maximum Gasteiger partial charge on any atom is 0.123 e. The number of rotatable bonds is 4. The number of nitrogens with zero attached hydrogens (tertiary/aromatic N) is 7. The van der Waals surface area contributed by atoms with E-state index in [0.717, 1.165) is 44.2 Å². The van der Waals surface area contributed by atoms with Gasteiger partial charge in [0, 0.05) is 57.0 Å². The average molecular weight is 297 g/mol. The van der Waals surface area contributed by atoms with Gasteiger partial charge in [0.1, 0.15) is 5.82 Å². The Morgan fingerprint density at radius 3 is 2.86 bits per heavy atom. The van der Waals surface area contributed by atoms with Crippen molar-refractivity contribution in [2.75, 3.05) is 6.54 Å². The van der Waals surface area contributed by atoms with Gasteiger partial charge in [-0.05, 0) is 6.07 Å². The van der Waals surface area contributed by atoms with Crippen LogP contribution in [-0.2, 0) is 33.2 Å². The topological polar surface area (TPSA) is 56.7 Å². The van der Waals surface area contributed by atoms with E-state index in [-0.39, 0.29) is 0 Å². The molecule has 7 nitrogen and oxygen atoms in total. The van der Waals surface area contributed by atoms with Gasteiger partial charge in [-0.15, -0.1) is 0 Å². The Morgan fingerprint density at radius 2 is 2.09 bits per heavy atom. The van der Waals surface area contributed by atoms with Crippen molar-refractivity contribution < 1.29 is 0 Å². The smallest absolute Gasteiger partial charge is 0.123 e. The molecule has 0 aromatic carbocycles. The van der Waals surface area contributed by atoms with Crippen molar-refractivity contribution in [3.05, 3.63) is 54.1 Å². The average Bonchev–Trinajstić information content (AvgIpc) is 3.20. The molecule has 7 heteroatoms. The number of aromatic nitrogens is 6. The zero-order valence-corrected chi connectivity index (χ0v) is 12.6. The van der Waals surface area contributed by atoms with Gasteiger partial charge < -0.3 is 4.57 Å². The Bertz CT molecular complexity index is 753. The molecule has 0 aliphatic carbocycles. The highest BCUT2D eigenvalue weighted by molar-refractivity contribution is 5.09. The summed E-state index contributed by atoms with van der Waals surface area (Å²) in [7, 11) is 1.95. The molecule has 0 atom stereocenters. The lowest BCUT2D eigenvalue weighted by molar-refractivity contribution is 0.209. The molecule has 0 bridgehead atoms. The number of hydrogen-bond acceptors (Lipinski definition) is 4. The Balaban J connectivity index is 1.45. The number of hydrogen-bond donors (Lipinski definition) is 0. The molecule has 0 fully saturated rings. The Kier molecular flexibility index (Phi) is 3.27. The van der Waals surface area contributed by atoms with E-state index in [2.05, 4.69) is 32.1 Å². The van der Waals surface area contributed by atoms with E-state index in [1.807, 2.05) is 34.9 Å². The maximum atomic E-state index is 4.76. The number of aryl methyl sites for hydroxylation is 1. The molecule has 3 aromatic heterocycles. The minimum absolute atomic E-state index is 0.732. The first kappa shape index (κ1) is 13.3. The van der Waals surface area contributed by atoms with E-state index in [4.69, 9.17) is 4.98 Å². The molecule has 114 valence electrons. The second-order valence-corrected chi connectivity index (χ2v) is 5.78. The van der Waals surface area contributed by atoms with Crippen molar-refractivity contribution in [3.63, 3.8) is 0 Å². The largest absolute Gasteiger partial charge is 0.332 e. The zero-order valence-electron chi connectivity index (χ0n) is 12.6. The normalized spacial score (nSPS) is 15.1. The zero-order chi connectivity index (χ0) is 14.9. The van der Waals surface area contributed by atoms with Crippen LogP contribution in [-0.4, -0.2) is 40.6 Å². The van der Waals surface area contributed by atoms with Crippen molar-refractivity contribution in [1.29, 1.82) is 0 Å². The third-order valence-electron chi connectivity index (χ3n) is 3.98. The SMILES string of the molecule is Cn1cc(CN2CCn3cc(Cn4cccn4)nc3C2)cn1. The molecule has 0 saturated carbocycles. The van der Waals surface area contributed by atoms with Crippen molar-refractivity contribution in [2.45, 2.75) is 26.2 Å². The van der Waals surface area contributed by atoms with Crippen LogP contribution in [0.1, 0.15) is 17.1 Å². The molecule has 1 aliphatic rings. The van der Waals surface area contributed by atoms with E-state index in [9.17, 15) is 0 Å². The highest BCUT2D eigenvalue weighted by Gasteiger charge is 2.19. The third-order valence-corrected chi connectivity index (χ3v) is 3.98. The molecule has 0 radical (unpaired) electrons. The fourth-order valence-electron chi connectivity index (χ4n) is 2.94. The molecular formula is C15H19N7. The van der Waals surface area contributed by atoms with Crippen LogP contribution in [0, 0.1) is 0 Å².